The van der Waals surface area contributed by atoms with E-state index in [1.54, 1.807) is 6.08 Å². The highest BCUT2D eigenvalue weighted by molar-refractivity contribution is 6.20. The highest BCUT2D eigenvalue weighted by atomic mass is 16.7. The van der Waals surface area contributed by atoms with Crippen LogP contribution in [0, 0.1) is 11.3 Å². The third-order valence-corrected chi connectivity index (χ3v) is 4.58. The summed E-state index contributed by atoms with van der Waals surface area (Å²) in [6.07, 6.45) is 7.75. The highest BCUT2D eigenvalue weighted by Gasteiger charge is 2.67. The SMILES string of the molecule is O=C(ON1C(=O)C2=C(CCC=C2)C1=O)C1CC12CC2. The van der Waals surface area contributed by atoms with E-state index in [9.17, 15) is 14.4 Å². The molecule has 1 spiro atoms. The molecule has 0 radical (unpaired) electrons. The van der Waals surface area contributed by atoms with Gasteiger partial charge >= 0.3 is 5.97 Å². The molecule has 0 aromatic heterocycles. The Morgan fingerprint density at radius 1 is 1.32 bits per heavy atom. The summed E-state index contributed by atoms with van der Waals surface area (Å²) in [7, 11) is 0. The average Bonchev–Trinajstić information content (AvgIpc) is 3.33. The number of amides is 2. The molecule has 0 bridgehead atoms. The maximum absolute atomic E-state index is 12.0. The van der Waals surface area contributed by atoms with Crippen molar-refractivity contribution in [1.29, 1.82) is 0 Å². The van der Waals surface area contributed by atoms with Crippen molar-refractivity contribution in [3.05, 3.63) is 23.3 Å². The first-order chi connectivity index (χ1) is 9.12. The quantitative estimate of drug-likeness (QED) is 0.700. The Bertz CT molecular complexity index is 582. The number of hydrogen-bond donors (Lipinski definition) is 0. The van der Waals surface area contributed by atoms with Gasteiger partial charge in [0.2, 0.25) is 0 Å². The van der Waals surface area contributed by atoms with Crippen LogP contribution in [0.5, 0.6) is 0 Å². The van der Waals surface area contributed by atoms with Crippen LogP contribution >= 0.6 is 0 Å². The molecule has 1 atom stereocenters. The lowest BCUT2D eigenvalue weighted by Gasteiger charge is -2.13. The van der Waals surface area contributed by atoms with Gasteiger partial charge in [-0.3, -0.25) is 9.59 Å². The van der Waals surface area contributed by atoms with Crippen LogP contribution in [0.3, 0.4) is 0 Å². The summed E-state index contributed by atoms with van der Waals surface area (Å²) < 4.78 is 0. The molecule has 5 heteroatoms. The van der Waals surface area contributed by atoms with Crippen molar-refractivity contribution in [2.45, 2.75) is 32.1 Å². The van der Waals surface area contributed by atoms with Gasteiger partial charge in [-0.15, -0.1) is 0 Å². The van der Waals surface area contributed by atoms with E-state index in [0.29, 0.717) is 22.6 Å². The van der Waals surface area contributed by atoms with Crippen LogP contribution < -0.4 is 0 Å². The van der Waals surface area contributed by atoms with Crippen molar-refractivity contribution >= 4 is 17.8 Å². The Kier molecular flexibility index (Phi) is 1.93. The van der Waals surface area contributed by atoms with Crippen LogP contribution in [-0.4, -0.2) is 22.8 Å². The molecule has 19 heavy (non-hydrogen) atoms. The summed E-state index contributed by atoms with van der Waals surface area (Å²) in [6.45, 7) is 0. The predicted octanol–water partition coefficient (Wildman–Crippen LogP) is 1.26. The van der Waals surface area contributed by atoms with Crippen molar-refractivity contribution in [3.63, 3.8) is 0 Å². The number of carbonyl (C=O) groups is 3. The van der Waals surface area contributed by atoms with Crippen LogP contribution in [0.1, 0.15) is 32.1 Å². The van der Waals surface area contributed by atoms with Gasteiger partial charge in [-0.25, -0.2) is 4.79 Å². The molecule has 3 aliphatic carbocycles. The monoisotopic (exact) mass is 259 g/mol. The Morgan fingerprint density at radius 3 is 2.74 bits per heavy atom. The molecular weight excluding hydrogens is 246 g/mol. The van der Waals surface area contributed by atoms with Gasteiger partial charge in [0.05, 0.1) is 11.5 Å². The number of allylic oxidation sites excluding steroid dienone is 1. The molecular formula is C14H13NO4. The predicted molar refractivity (Wildman–Crippen MR) is 63.1 cm³/mol. The first kappa shape index (κ1) is 11.0. The number of carbonyl (C=O) groups excluding carboxylic acids is 3. The zero-order chi connectivity index (χ0) is 13.2. The van der Waals surface area contributed by atoms with Crippen molar-refractivity contribution in [3.8, 4) is 0 Å². The summed E-state index contributed by atoms with van der Waals surface area (Å²) in [5, 5.41) is 0.650. The molecule has 4 rings (SSSR count). The fourth-order valence-electron chi connectivity index (χ4n) is 3.04. The molecule has 5 nitrogen and oxygen atoms in total. The fourth-order valence-corrected chi connectivity index (χ4v) is 3.04. The van der Waals surface area contributed by atoms with E-state index < -0.39 is 17.8 Å². The molecule has 98 valence electrons. The van der Waals surface area contributed by atoms with Gasteiger partial charge in [0.1, 0.15) is 0 Å². The second kappa shape index (κ2) is 3.35. The lowest BCUT2D eigenvalue weighted by molar-refractivity contribution is -0.198. The Hall–Kier alpha value is -1.91. The van der Waals surface area contributed by atoms with E-state index in [1.807, 2.05) is 6.08 Å². The molecule has 0 saturated heterocycles. The van der Waals surface area contributed by atoms with Crippen LogP contribution in [-0.2, 0) is 19.2 Å². The van der Waals surface area contributed by atoms with Gasteiger partial charge in [-0.1, -0.05) is 17.2 Å². The molecule has 2 amide bonds. The normalized spacial score (nSPS) is 29.9. The molecule has 0 N–H and O–H groups in total. The largest absolute Gasteiger partial charge is 0.336 e. The van der Waals surface area contributed by atoms with Crippen LogP contribution in [0.2, 0.25) is 0 Å². The van der Waals surface area contributed by atoms with Crippen molar-refractivity contribution < 1.29 is 19.2 Å². The molecule has 1 unspecified atom stereocenters. The maximum Gasteiger partial charge on any atom is 0.336 e. The van der Waals surface area contributed by atoms with Gasteiger partial charge in [0.25, 0.3) is 11.8 Å². The van der Waals surface area contributed by atoms with E-state index in [1.165, 1.54) is 0 Å². The smallest absolute Gasteiger partial charge is 0.329 e. The molecule has 1 aliphatic heterocycles. The number of imide groups is 1. The van der Waals surface area contributed by atoms with E-state index in [2.05, 4.69) is 0 Å². The zero-order valence-electron chi connectivity index (χ0n) is 10.3. The Labute approximate surface area is 109 Å². The highest BCUT2D eigenvalue weighted by Crippen LogP contribution is 2.70. The molecule has 4 aliphatic rings. The van der Waals surface area contributed by atoms with Crippen molar-refractivity contribution in [2.75, 3.05) is 0 Å². The minimum atomic E-state index is -0.505. The number of rotatable bonds is 2. The summed E-state index contributed by atoms with van der Waals surface area (Å²) >= 11 is 0. The molecule has 2 saturated carbocycles. The number of hydroxylamine groups is 2. The van der Waals surface area contributed by atoms with E-state index in [-0.39, 0.29) is 11.3 Å². The number of hydrogen-bond acceptors (Lipinski definition) is 4. The maximum atomic E-state index is 12.0. The van der Waals surface area contributed by atoms with Crippen molar-refractivity contribution in [2.24, 2.45) is 11.3 Å². The lowest BCUT2D eigenvalue weighted by Crippen LogP contribution is -2.35. The van der Waals surface area contributed by atoms with Gasteiger partial charge in [-0.2, -0.15) is 0 Å². The van der Waals surface area contributed by atoms with Crippen LogP contribution in [0.4, 0.5) is 0 Å². The fraction of sp³-hybridized carbons (Fsp3) is 0.500. The van der Waals surface area contributed by atoms with Crippen LogP contribution in [0.25, 0.3) is 0 Å². The summed E-state index contributed by atoms with van der Waals surface area (Å²) in [4.78, 5) is 41.0. The standard InChI is InChI=1S/C14H13NO4/c16-11-8-3-1-2-4-9(8)12(17)15(11)19-13(18)10-7-14(10)5-6-14/h1,3,10H,2,4-7H2. The molecule has 1 heterocycles. The molecule has 0 aromatic carbocycles. The second-order valence-corrected chi connectivity index (χ2v) is 5.77. The summed E-state index contributed by atoms with van der Waals surface area (Å²) in [5.41, 5.74) is 1.01. The lowest BCUT2D eigenvalue weighted by atomic mass is 10.00. The Morgan fingerprint density at radius 2 is 2.11 bits per heavy atom. The first-order valence-corrected chi connectivity index (χ1v) is 6.63. The van der Waals surface area contributed by atoms with E-state index >= 15 is 0 Å². The van der Waals surface area contributed by atoms with Gasteiger partial charge in [0, 0.05) is 5.57 Å². The summed E-state index contributed by atoms with van der Waals surface area (Å²) in [6, 6.07) is 0. The Balaban J connectivity index is 1.51. The van der Waals surface area contributed by atoms with Gasteiger partial charge < -0.3 is 4.84 Å². The zero-order valence-corrected chi connectivity index (χ0v) is 10.3. The molecule has 0 aromatic rings. The number of nitrogens with zero attached hydrogens (tertiary/aromatic N) is 1. The molecule has 2 fully saturated rings. The first-order valence-electron chi connectivity index (χ1n) is 6.63. The third kappa shape index (κ3) is 1.44. The third-order valence-electron chi connectivity index (χ3n) is 4.58. The van der Waals surface area contributed by atoms with Gasteiger partial charge in [-0.05, 0) is 37.5 Å². The topological polar surface area (TPSA) is 63.7 Å². The average molecular weight is 259 g/mol. The van der Waals surface area contributed by atoms with Crippen molar-refractivity contribution in [1.82, 2.24) is 5.06 Å². The summed E-state index contributed by atoms with van der Waals surface area (Å²) in [5.74, 6) is -1.51. The van der Waals surface area contributed by atoms with E-state index in [0.717, 1.165) is 25.7 Å². The van der Waals surface area contributed by atoms with Crippen LogP contribution in [0.15, 0.2) is 23.3 Å². The minimum absolute atomic E-state index is 0.110. The van der Waals surface area contributed by atoms with Gasteiger partial charge in [0.15, 0.2) is 0 Å². The van der Waals surface area contributed by atoms with E-state index in [4.69, 9.17) is 4.84 Å². The second-order valence-electron chi connectivity index (χ2n) is 5.77. The minimum Gasteiger partial charge on any atom is -0.329 e.